The van der Waals surface area contributed by atoms with Gasteiger partial charge in [0, 0.05) is 6.54 Å². The minimum Gasteiger partial charge on any atom is -0.369 e. The maximum Gasteiger partial charge on any atom is 0.139 e. The van der Waals surface area contributed by atoms with Crippen LogP contribution in [0.25, 0.3) is 0 Å². The predicted molar refractivity (Wildman–Crippen MR) is 87.2 cm³/mol. The summed E-state index contributed by atoms with van der Waals surface area (Å²) < 4.78 is 3.49. The zero-order valence-corrected chi connectivity index (χ0v) is 14.5. The fraction of sp³-hybridized carbons (Fsp3) is 0.812. The Morgan fingerprint density at radius 3 is 2.60 bits per heavy atom. The Balaban J connectivity index is 1.91. The Labute approximate surface area is 130 Å². The van der Waals surface area contributed by atoms with Gasteiger partial charge in [0.1, 0.15) is 5.82 Å². The molecule has 0 bridgehead atoms. The zero-order chi connectivity index (χ0) is 14.3. The summed E-state index contributed by atoms with van der Waals surface area (Å²) in [5.74, 6) is 2.05. The highest BCUT2D eigenvalue weighted by atomic mass is 79.9. The molecule has 1 aromatic heterocycles. The molecule has 1 aliphatic carbocycles. The van der Waals surface area contributed by atoms with Gasteiger partial charge >= 0.3 is 0 Å². The summed E-state index contributed by atoms with van der Waals surface area (Å²) in [5, 5.41) is 8.51. The lowest BCUT2D eigenvalue weighted by Crippen LogP contribution is -2.28. The second-order valence-electron chi connectivity index (χ2n) is 7.62. The van der Waals surface area contributed by atoms with Gasteiger partial charge < -0.3 is 5.32 Å². The molecule has 3 rings (SSSR count). The van der Waals surface area contributed by atoms with Crippen molar-refractivity contribution in [3.63, 3.8) is 0 Å². The Morgan fingerprint density at radius 2 is 1.95 bits per heavy atom. The summed E-state index contributed by atoms with van der Waals surface area (Å²) in [6, 6.07) is 0.610. The molecule has 1 atom stereocenters. The topological polar surface area (TPSA) is 29.9 Å². The number of nitrogens with zero attached hydrogens (tertiary/aromatic N) is 2. The van der Waals surface area contributed by atoms with Crippen LogP contribution < -0.4 is 5.32 Å². The van der Waals surface area contributed by atoms with Crippen molar-refractivity contribution in [3.05, 3.63) is 10.2 Å². The molecular formula is C16H26BrN3. The quantitative estimate of drug-likeness (QED) is 0.840. The number of aromatic nitrogens is 2. The van der Waals surface area contributed by atoms with Crippen molar-refractivity contribution in [2.75, 3.05) is 11.9 Å². The average Bonchev–Trinajstić information content (AvgIpc) is 2.97. The highest BCUT2D eigenvalue weighted by molar-refractivity contribution is 9.10. The molecule has 1 N–H and O–H groups in total. The number of nitrogens with one attached hydrogen (secondary N) is 1. The Kier molecular flexibility index (Phi) is 3.87. The van der Waals surface area contributed by atoms with Crippen LogP contribution in [0.4, 0.5) is 5.82 Å². The summed E-state index contributed by atoms with van der Waals surface area (Å²) >= 11 is 3.78. The first kappa shape index (κ1) is 14.4. The number of fused-ring (bicyclic) bond motifs is 1. The van der Waals surface area contributed by atoms with Crippen LogP contribution in [0.2, 0.25) is 0 Å². The Bertz CT molecular complexity index is 481. The van der Waals surface area contributed by atoms with Crippen molar-refractivity contribution in [2.45, 2.75) is 65.3 Å². The van der Waals surface area contributed by atoms with E-state index in [4.69, 9.17) is 5.10 Å². The summed E-state index contributed by atoms with van der Waals surface area (Å²) in [7, 11) is 0. The molecule has 0 saturated heterocycles. The summed E-state index contributed by atoms with van der Waals surface area (Å²) in [6.07, 6.45) is 7.82. The summed E-state index contributed by atoms with van der Waals surface area (Å²) in [4.78, 5) is 0. The molecule has 0 spiro atoms. The van der Waals surface area contributed by atoms with E-state index in [0.717, 1.165) is 18.9 Å². The summed E-state index contributed by atoms with van der Waals surface area (Å²) in [5.41, 5.74) is 1.49. The van der Waals surface area contributed by atoms with Gasteiger partial charge in [-0.3, -0.25) is 0 Å². The normalized spacial score (nSPS) is 23.7. The minimum atomic E-state index is 0.274. The van der Waals surface area contributed by atoms with Gasteiger partial charge in [0.25, 0.3) is 0 Å². The van der Waals surface area contributed by atoms with E-state index in [9.17, 15) is 0 Å². The van der Waals surface area contributed by atoms with E-state index in [1.807, 2.05) is 0 Å². The standard InChI is InChI=1S/C16H26BrN3/c1-16(2,3)10-12-14(17)15-18-9-8-13(20(15)19-12)11-6-4-5-7-11/h11,13,18H,4-10H2,1-3H3. The van der Waals surface area contributed by atoms with Crippen LogP contribution in [0.5, 0.6) is 0 Å². The van der Waals surface area contributed by atoms with Crippen LogP contribution in [-0.4, -0.2) is 16.3 Å². The van der Waals surface area contributed by atoms with E-state index < -0.39 is 0 Å². The predicted octanol–water partition coefficient (Wildman–Crippen LogP) is 4.78. The monoisotopic (exact) mass is 339 g/mol. The average molecular weight is 340 g/mol. The number of anilines is 1. The maximum atomic E-state index is 4.97. The van der Waals surface area contributed by atoms with Crippen molar-refractivity contribution in [1.29, 1.82) is 0 Å². The van der Waals surface area contributed by atoms with Gasteiger partial charge in [-0.2, -0.15) is 5.10 Å². The number of hydrogen-bond donors (Lipinski definition) is 1. The van der Waals surface area contributed by atoms with Gasteiger partial charge in [0.15, 0.2) is 0 Å². The van der Waals surface area contributed by atoms with Gasteiger partial charge in [-0.1, -0.05) is 33.6 Å². The first-order chi connectivity index (χ1) is 9.46. The molecule has 0 radical (unpaired) electrons. The molecule has 1 aromatic rings. The van der Waals surface area contributed by atoms with E-state index in [2.05, 4.69) is 46.7 Å². The van der Waals surface area contributed by atoms with Crippen molar-refractivity contribution in [3.8, 4) is 0 Å². The Hall–Kier alpha value is -0.510. The molecule has 0 amide bonds. The number of hydrogen-bond acceptors (Lipinski definition) is 2. The fourth-order valence-electron chi connectivity index (χ4n) is 3.71. The van der Waals surface area contributed by atoms with Gasteiger partial charge in [0.2, 0.25) is 0 Å². The first-order valence-electron chi connectivity index (χ1n) is 7.96. The molecular weight excluding hydrogens is 314 g/mol. The van der Waals surface area contributed by atoms with E-state index in [1.54, 1.807) is 0 Å². The lowest BCUT2D eigenvalue weighted by atomic mass is 9.91. The van der Waals surface area contributed by atoms with Gasteiger partial charge in [-0.05, 0) is 52.9 Å². The lowest BCUT2D eigenvalue weighted by Gasteiger charge is -2.30. The number of halogens is 1. The highest BCUT2D eigenvalue weighted by Gasteiger charge is 2.33. The van der Waals surface area contributed by atoms with Crippen molar-refractivity contribution in [2.24, 2.45) is 11.3 Å². The molecule has 2 heterocycles. The second-order valence-corrected chi connectivity index (χ2v) is 8.41. The lowest BCUT2D eigenvalue weighted by molar-refractivity contribution is 0.287. The van der Waals surface area contributed by atoms with Crippen LogP contribution in [0, 0.1) is 11.3 Å². The van der Waals surface area contributed by atoms with Gasteiger partial charge in [-0.25, -0.2) is 4.68 Å². The van der Waals surface area contributed by atoms with Crippen LogP contribution in [-0.2, 0) is 6.42 Å². The molecule has 1 aliphatic heterocycles. The molecule has 3 nitrogen and oxygen atoms in total. The molecule has 112 valence electrons. The van der Waals surface area contributed by atoms with Crippen LogP contribution in [0.3, 0.4) is 0 Å². The second kappa shape index (κ2) is 5.36. The Morgan fingerprint density at radius 1 is 1.25 bits per heavy atom. The highest BCUT2D eigenvalue weighted by Crippen LogP contribution is 2.42. The molecule has 20 heavy (non-hydrogen) atoms. The van der Waals surface area contributed by atoms with Gasteiger partial charge in [0.05, 0.1) is 16.2 Å². The van der Waals surface area contributed by atoms with Crippen LogP contribution in [0.1, 0.15) is 64.6 Å². The third-order valence-corrected chi connectivity index (χ3v) is 5.44. The van der Waals surface area contributed by atoms with E-state index in [1.165, 1.54) is 48.1 Å². The SMILES string of the molecule is CC(C)(C)Cc1nn2c(c1Br)NCCC2C1CCCC1. The molecule has 1 fully saturated rings. The zero-order valence-electron chi connectivity index (χ0n) is 12.9. The van der Waals surface area contributed by atoms with Crippen molar-refractivity contribution < 1.29 is 0 Å². The van der Waals surface area contributed by atoms with E-state index >= 15 is 0 Å². The molecule has 2 aliphatic rings. The third-order valence-electron chi connectivity index (χ3n) is 4.61. The smallest absolute Gasteiger partial charge is 0.139 e. The third kappa shape index (κ3) is 2.76. The fourth-order valence-corrected chi connectivity index (χ4v) is 4.25. The van der Waals surface area contributed by atoms with E-state index in [-0.39, 0.29) is 5.41 Å². The molecule has 0 aromatic carbocycles. The largest absolute Gasteiger partial charge is 0.369 e. The molecule has 1 saturated carbocycles. The van der Waals surface area contributed by atoms with E-state index in [0.29, 0.717) is 6.04 Å². The summed E-state index contributed by atoms with van der Waals surface area (Å²) in [6.45, 7) is 7.92. The number of rotatable bonds is 2. The minimum absolute atomic E-state index is 0.274. The van der Waals surface area contributed by atoms with Crippen molar-refractivity contribution >= 4 is 21.7 Å². The van der Waals surface area contributed by atoms with Gasteiger partial charge in [-0.15, -0.1) is 0 Å². The van der Waals surface area contributed by atoms with Crippen LogP contribution in [0.15, 0.2) is 4.47 Å². The maximum absolute atomic E-state index is 4.97. The molecule has 1 unspecified atom stereocenters. The molecule has 4 heteroatoms. The van der Waals surface area contributed by atoms with Crippen LogP contribution >= 0.6 is 15.9 Å². The first-order valence-corrected chi connectivity index (χ1v) is 8.76. The van der Waals surface area contributed by atoms with Crippen molar-refractivity contribution in [1.82, 2.24) is 9.78 Å².